The maximum absolute atomic E-state index is 12.1. The molecule has 0 aromatic heterocycles. The highest BCUT2D eigenvalue weighted by Crippen LogP contribution is 2.20. The molecule has 0 saturated carbocycles. The quantitative estimate of drug-likeness (QED) is 0.632. The summed E-state index contributed by atoms with van der Waals surface area (Å²) < 4.78 is 0. The van der Waals surface area contributed by atoms with Gasteiger partial charge in [-0.15, -0.1) is 0 Å². The minimum Gasteiger partial charge on any atom is -0.274 e. The van der Waals surface area contributed by atoms with Crippen LogP contribution in [0.5, 0.6) is 0 Å². The van der Waals surface area contributed by atoms with Crippen molar-refractivity contribution in [1.82, 2.24) is 5.06 Å². The third-order valence-corrected chi connectivity index (χ3v) is 5.47. The summed E-state index contributed by atoms with van der Waals surface area (Å²) in [5, 5.41) is 3.61. The van der Waals surface area contributed by atoms with E-state index in [0.717, 1.165) is 0 Å². The summed E-state index contributed by atoms with van der Waals surface area (Å²) in [5.41, 5.74) is 0. The molecule has 0 aliphatic rings. The van der Waals surface area contributed by atoms with Crippen LogP contribution in [0.25, 0.3) is 0 Å². The standard InChI is InChI=1S/C16H18NO2P/c1-17(19-2)16(18)13-20(14-9-5-3-6-10-14)15-11-7-4-8-12-15/h3-13,20H,1-2H3. The Morgan fingerprint density at radius 2 is 1.45 bits per heavy atom. The Morgan fingerprint density at radius 3 is 1.85 bits per heavy atom. The Bertz CT molecular complexity index is 555. The van der Waals surface area contributed by atoms with Crippen LogP contribution < -0.4 is 10.6 Å². The highest BCUT2D eigenvalue weighted by atomic mass is 31.1. The number of rotatable bonds is 4. The number of benzene rings is 2. The van der Waals surface area contributed by atoms with Crippen molar-refractivity contribution in [1.29, 1.82) is 0 Å². The number of nitrogens with zero attached hydrogens (tertiary/aromatic N) is 1. The van der Waals surface area contributed by atoms with Gasteiger partial charge >= 0.3 is 0 Å². The van der Waals surface area contributed by atoms with Crippen LogP contribution in [0.15, 0.2) is 60.7 Å². The van der Waals surface area contributed by atoms with Gasteiger partial charge in [0.1, 0.15) is 0 Å². The minimum atomic E-state index is -1.25. The van der Waals surface area contributed by atoms with E-state index in [0.29, 0.717) is 0 Å². The largest absolute Gasteiger partial charge is 0.274 e. The van der Waals surface area contributed by atoms with E-state index >= 15 is 0 Å². The third-order valence-electron chi connectivity index (χ3n) is 3.02. The zero-order valence-corrected chi connectivity index (χ0v) is 12.6. The van der Waals surface area contributed by atoms with Crippen molar-refractivity contribution in [2.24, 2.45) is 0 Å². The highest BCUT2D eigenvalue weighted by molar-refractivity contribution is 7.73. The van der Waals surface area contributed by atoms with Crippen LogP contribution in [0.1, 0.15) is 0 Å². The normalized spacial score (nSPS) is 10.3. The van der Waals surface area contributed by atoms with Crippen LogP contribution in [0.3, 0.4) is 0 Å². The Balaban J connectivity index is 2.46. The van der Waals surface area contributed by atoms with E-state index in [1.165, 1.54) is 22.8 Å². The molecule has 0 N–H and O–H groups in total. The molecule has 0 saturated heterocycles. The summed E-state index contributed by atoms with van der Waals surface area (Å²) in [7, 11) is 1.86. The second-order valence-corrected chi connectivity index (χ2v) is 6.58. The topological polar surface area (TPSA) is 29.5 Å². The maximum Gasteiger partial charge on any atom is 0.270 e. The fourth-order valence-corrected chi connectivity index (χ4v) is 4.07. The molecule has 0 aliphatic heterocycles. The molecule has 20 heavy (non-hydrogen) atoms. The van der Waals surface area contributed by atoms with Crippen molar-refractivity contribution in [2.75, 3.05) is 14.2 Å². The van der Waals surface area contributed by atoms with Gasteiger partial charge in [-0.1, -0.05) is 68.2 Å². The van der Waals surface area contributed by atoms with Crippen molar-refractivity contribution < 1.29 is 9.63 Å². The molecule has 2 aromatic rings. The van der Waals surface area contributed by atoms with E-state index in [9.17, 15) is 4.79 Å². The van der Waals surface area contributed by atoms with Gasteiger partial charge in [-0.05, 0) is 10.6 Å². The molecule has 3 nitrogen and oxygen atoms in total. The van der Waals surface area contributed by atoms with Gasteiger partial charge in [0.05, 0.1) is 7.11 Å². The fraction of sp³-hybridized carbons (Fsp3) is 0.125. The monoisotopic (exact) mass is 287 g/mol. The Labute approximate surface area is 120 Å². The van der Waals surface area contributed by atoms with E-state index in [2.05, 4.69) is 24.3 Å². The molecule has 0 spiro atoms. The molecule has 0 fully saturated rings. The molecular weight excluding hydrogens is 269 g/mol. The van der Waals surface area contributed by atoms with E-state index in [1.54, 1.807) is 12.8 Å². The van der Waals surface area contributed by atoms with Crippen molar-refractivity contribution in [2.45, 2.75) is 0 Å². The second-order valence-electron chi connectivity index (χ2n) is 4.31. The van der Waals surface area contributed by atoms with E-state index in [4.69, 9.17) is 4.84 Å². The Hall–Kier alpha value is -1.83. The minimum absolute atomic E-state index is 0.117. The summed E-state index contributed by atoms with van der Waals surface area (Å²) in [5.74, 6) is 1.66. The fourth-order valence-electron chi connectivity index (χ4n) is 1.87. The lowest BCUT2D eigenvalue weighted by atomic mass is 10.4. The molecule has 0 atom stereocenters. The van der Waals surface area contributed by atoms with Gasteiger partial charge in [-0.3, -0.25) is 9.63 Å². The van der Waals surface area contributed by atoms with E-state index in [1.807, 2.05) is 36.4 Å². The SMILES string of the molecule is CON(C)C(=O)C=[PH](c1ccccc1)c1ccccc1. The first-order valence-corrected chi connectivity index (χ1v) is 7.94. The molecule has 1 amide bonds. The molecule has 4 heteroatoms. The summed E-state index contributed by atoms with van der Waals surface area (Å²) >= 11 is 0. The lowest BCUT2D eigenvalue weighted by Crippen LogP contribution is -2.27. The molecule has 104 valence electrons. The van der Waals surface area contributed by atoms with Crippen LogP contribution in [-0.4, -0.2) is 30.9 Å². The zero-order chi connectivity index (χ0) is 14.4. The van der Waals surface area contributed by atoms with Gasteiger partial charge in [-0.2, -0.15) is 0 Å². The number of hydroxylamine groups is 2. The highest BCUT2D eigenvalue weighted by Gasteiger charge is 2.09. The number of hydrogen-bond donors (Lipinski definition) is 0. The van der Waals surface area contributed by atoms with Gasteiger partial charge < -0.3 is 0 Å². The second kappa shape index (κ2) is 7.09. The molecule has 0 heterocycles. The lowest BCUT2D eigenvalue weighted by molar-refractivity contribution is -0.159. The number of carbonyl (C=O) groups excluding carboxylic acids is 1. The first-order valence-electron chi connectivity index (χ1n) is 6.36. The first kappa shape index (κ1) is 14.6. The van der Waals surface area contributed by atoms with Crippen LogP contribution in [0.4, 0.5) is 0 Å². The number of hydrogen-bond acceptors (Lipinski definition) is 2. The van der Waals surface area contributed by atoms with Crippen molar-refractivity contribution >= 4 is 29.9 Å². The van der Waals surface area contributed by atoms with Gasteiger partial charge in [0.25, 0.3) is 5.91 Å². The van der Waals surface area contributed by atoms with E-state index in [-0.39, 0.29) is 5.91 Å². The summed E-state index contributed by atoms with van der Waals surface area (Å²) in [4.78, 5) is 17.1. The summed E-state index contributed by atoms with van der Waals surface area (Å²) in [6.45, 7) is 0. The number of carbonyl (C=O) groups is 1. The molecule has 0 aliphatic carbocycles. The molecule has 2 aromatic carbocycles. The predicted octanol–water partition coefficient (Wildman–Crippen LogP) is 1.67. The van der Waals surface area contributed by atoms with E-state index < -0.39 is 7.55 Å². The molecular formula is C16H18NO2P. The number of amides is 1. The van der Waals surface area contributed by atoms with Crippen molar-refractivity contribution in [3.05, 3.63) is 60.7 Å². The van der Waals surface area contributed by atoms with Gasteiger partial charge in [0, 0.05) is 12.8 Å². The maximum atomic E-state index is 12.1. The lowest BCUT2D eigenvalue weighted by Gasteiger charge is -2.14. The average Bonchev–Trinajstić information content (AvgIpc) is 2.53. The zero-order valence-electron chi connectivity index (χ0n) is 11.6. The average molecular weight is 287 g/mol. The Morgan fingerprint density at radius 1 is 1.00 bits per heavy atom. The summed E-state index contributed by atoms with van der Waals surface area (Å²) in [6, 6.07) is 20.2. The predicted molar refractivity (Wildman–Crippen MR) is 86.3 cm³/mol. The van der Waals surface area contributed by atoms with Gasteiger partial charge in [0.15, 0.2) is 0 Å². The van der Waals surface area contributed by atoms with Crippen LogP contribution in [0, 0.1) is 0 Å². The smallest absolute Gasteiger partial charge is 0.270 e. The van der Waals surface area contributed by atoms with Crippen LogP contribution in [-0.2, 0) is 9.63 Å². The first-order chi connectivity index (χ1) is 9.72. The molecule has 2 rings (SSSR count). The molecule has 0 unspecified atom stereocenters. The van der Waals surface area contributed by atoms with Crippen LogP contribution >= 0.6 is 7.55 Å². The summed E-state index contributed by atoms with van der Waals surface area (Å²) in [6.07, 6.45) is 0. The van der Waals surface area contributed by atoms with Crippen molar-refractivity contribution in [3.63, 3.8) is 0 Å². The Kier molecular flexibility index (Phi) is 5.16. The molecule has 0 radical (unpaired) electrons. The van der Waals surface area contributed by atoms with Gasteiger partial charge in [0.2, 0.25) is 0 Å². The van der Waals surface area contributed by atoms with Crippen molar-refractivity contribution in [3.8, 4) is 0 Å². The van der Waals surface area contributed by atoms with Crippen LogP contribution in [0.2, 0.25) is 0 Å². The van der Waals surface area contributed by atoms with Gasteiger partial charge in [-0.25, -0.2) is 5.06 Å². The third kappa shape index (κ3) is 3.60. The molecule has 0 bridgehead atoms.